The predicted molar refractivity (Wildman–Crippen MR) is 166 cm³/mol. The van der Waals surface area contributed by atoms with Gasteiger partial charge in [-0.3, -0.25) is 4.79 Å². The molecule has 0 bridgehead atoms. The fourth-order valence-electron chi connectivity index (χ4n) is 4.60. The third-order valence-electron chi connectivity index (χ3n) is 6.98. The smallest absolute Gasteiger partial charge is 0.330 e. The molecule has 0 N–H and O–H groups in total. The van der Waals surface area contributed by atoms with Gasteiger partial charge in [-0.05, 0) is 61.4 Å². The van der Waals surface area contributed by atoms with Gasteiger partial charge in [0.1, 0.15) is 6.29 Å². The SMILES string of the molecule is C=CC(=O)OCCCCCCC1COC(c2ccc(-c3cc(F)c(OCCCCCCOC)c(F)c3)cc2)OC1.C=CC=O. The van der Waals surface area contributed by atoms with Crippen LogP contribution < -0.4 is 4.74 Å². The van der Waals surface area contributed by atoms with Gasteiger partial charge in [0.05, 0.1) is 26.4 Å². The summed E-state index contributed by atoms with van der Waals surface area (Å²) < 4.78 is 56.6. The molecule has 0 aromatic heterocycles. The van der Waals surface area contributed by atoms with Crippen molar-refractivity contribution in [3.63, 3.8) is 0 Å². The zero-order chi connectivity index (χ0) is 32.0. The lowest BCUT2D eigenvalue weighted by Crippen LogP contribution is -2.27. The largest absolute Gasteiger partial charge is 0.488 e. The number of rotatable bonds is 19. The number of aldehydes is 1. The molecule has 9 heteroatoms. The summed E-state index contributed by atoms with van der Waals surface area (Å²) in [6.45, 7) is 9.15. The highest BCUT2D eigenvalue weighted by atomic mass is 19.1. The number of esters is 1. The van der Waals surface area contributed by atoms with Crippen LogP contribution in [0.3, 0.4) is 0 Å². The summed E-state index contributed by atoms with van der Waals surface area (Å²) in [5.41, 5.74) is 2.00. The van der Waals surface area contributed by atoms with Crippen molar-refractivity contribution in [2.75, 3.05) is 40.1 Å². The molecule has 0 saturated carbocycles. The van der Waals surface area contributed by atoms with Crippen LogP contribution in [0.25, 0.3) is 11.1 Å². The summed E-state index contributed by atoms with van der Waals surface area (Å²) in [6.07, 6.45) is 11.2. The van der Waals surface area contributed by atoms with Gasteiger partial charge in [-0.25, -0.2) is 13.6 Å². The fourth-order valence-corrected chi connectivity index (χ4v) is 4.60. The quantitative estimate of drug-likeness (QED) is 0.0686. The van der Waals surface area contributed by atoms with E-state index in [0.717, 1.165) is 70.0 Å². The monoisotopic (exact) mass is 616 g/mol. The summed E-state index contributed by atoms with van der Waals surface area (Å²) in [5, 5.41) is 0. The van der Waals surface area contributed by atoms with Crippen LogP contribution in [0.1, 0.15) is 69.6 Å². The van der Waals surface area contributed by atoms with Gasteiger partial charge in [0, 0.05) is 31.3 Å². The van der Waals surface area contributed by atoms with Crippen molar-refractivity contribution in [1.82, 2.24) is 0 Å². The van der Waals surface area contributed by atoms with Crippen LogP contribution in [0.15, 0.2) is 61.7 Å². The second kappa shape index (κ2) is 22.2. The molecule has 1 heterocycles. The number of unbranched alkanes of at least 4 members (excludes halogenated alkanes) is 6. The second-order valence-electron chi connectivity index (χ2n) is 10.5. The third-order valence-corrected chi connectivity index (χ3v) is 6.98. The Hall–Kier alpha value is -3.40. The Kier molecular flexibility index (Phi) is 18.5. The first-order valence-electron chi connectivity index (χ1n) is 15.2. The molecule has 1 aliphatic heterocycles. The van der Waals surface area contributed by atoms with Gasteiger partial charge in [0.25, 0.3) is 0 Å². The molecule has 0 unspecified atom stereocenters. The molecule has 242 valence electrons. The Balaban J connectivity index is 0.00000159. The van der Waals surface area contributed by atoms with E-state index in [2.05, 4.69) is 13.2 Å². The predicted octanol–water partition coefficient (Wildman–Crippen LogP) is 7.93. The molecule has 1 aliphatic rings. The highest BCUT2D eigenvalue weighted by Crippen LogP contribution is 2.32. The van der Waals surface area contributed by atoms with E-state index in [1.54, 1.807) is 7.11 Å². The Morgan fingerprint density at radius 2 is 1.43 bits per heavy atom. The van der Waals surface area contributed by atoms with Gasteiger partial charge >= 0.3 is 5.97 Å². The van der Waals surface area contributed by atoms with Crippen molar-refractivity contribution < 1.29 is 42.1 Å². The average molecular weight is 617 g/mol. The number of benzene rings is 2. The molecule has 0 atom stereocenters. The number of methoxy groups -OCH3 is 1. The van der Waals surface area contributed by atoms with E-state index >= 15 is 0 Å². The van der Waals surface area contributed by atoms with Gasteiger partial charge in [-0.15, -0.1) is 0 Å². The summed E-state index contributed by atoms with van der Waals surface area (Å²) in [5.74, 6) is -1.78. The molecule has 1 fully saturated rings. The molecule has 0 spiro atoms. The highest BCUT2D eigenvalue weighted by molar-refractivity contribution is 5.81. The number of hydrogen-bond acceptors (Lipinski definition) is 7. The molecule has 3 rings (SSSR count). The molecular weight excluding hydrogens is 570 g/mol. The number of ether oxygens (including phenoxy) is 5. The average Bonchev–Trinajstić information content (AvgIpc) is 3.05. The Morgan fingerprint density at radius 1 is 0.864 bits per heavy atom. The van der Waals surface area contributed by atoms with E-state index in [1.165, 1.54) is 24.3 Å². The van der Waals surface area contributed by atoms with Crippen molar-refractivity contribution in [2.45, 2.75) is 64.1 Å². The lowest BCUT2D eigenvalue weighted by Gasteiger charge is -2.29. The van der Waals surface area contributed by atoms with Crippen molar-refractivity contribution in [1.29, 1.82) is 0 Å². The van der Waals surface area contributed by atoms with Crippen LogP contribution in [0.4, 0.5) is 8.78 Å². The van der Waals surface area contributed by atoms with Crippen molar-refractivity contribution >= 4 is 12.3 Å². The standard InChI is InChI=1S/C32H42F2O6.C3H4O/c1-3-30(35)37-18-10-5-4-8-12-24-22-39-32(40-23-24)26-15-13-25(14-16-26)27-20-28(33)31(29(34)21-27)38-19-11-7-6-9-17-36-2;1-2-3-4/h3,13-16,20-21,24,32H,1,4-12,17-19,22-23H2,2H3;2-3H,1H2. The van der Waals surface area contributed by atoms with Crippen LogP contribution >= 0.6 is 0 Å². The Labute approximate surface area is 260 Å². The van der Waals surface area contributed by atoms with Gasteiger partial charge in [-0.2, -0.15) is 0 Å². The van der Waals surface area contributed by atoms with Crippen LogP contribution in [0.5, 0.6) is 5.75 Å². The van der Waals surface area contributed by atoms with E-state index < -0.39 is 17.9 Å². The van der Waals surface area contributed by atoms with Crippen LogP contribution in [0, 0.1) is 17.6 Å². The normalized spacial score (nSPS) is 15.9. The molecule has 2 aromatic rings. The van der Waals surface area contributed by atoms with Gasteiger partial charge in [0.15, 0.2) is 23.7 Å². The minimum atomic E-state index is -0.709. The Morgan fingerprint density at radius 3 is 2.00 bits per heavy atom. The molecular formula is C35H46F2O7. The lowest BCUT2D eigenvalue weighted by atomic mass is 10.0. The first-order chi connectivity index (χ1) is 21.4. The van der Waals surface area contributed by atoms with Gasteiger partial charge in [-0.1, -0.05) is 63.1 Å². The van der Waals surface area contributed by atoms with Crippen molar-refractivity contribution in [3.05, 3.63) is 78.9 Å². The summed E-state index contributed by atoms with van der Waals surface area (Å²) in [6, 6.07) is 9.97. The van der Waals surface area contributed by atoms with Gasteiger partial charge < -0.3 is 23.7 Å². The van der Waals surface area contributed by atoms with E-state index in [9.17, 15) is 13.6 Å². The molecule has 7 nitrogen and oxygen atoms in total. The topological polar surface area (TPSA) is 80.3 Å². The first kappa shape index (κ1) is 36.8. The van der Waals surface area contributed by atoms with Crippen molar-refractivity contribution in [2.24, 2.45) is 5.92 Å². The number of halogens is 2. The molecule has 0 amide bonds. The fraction of sp³-hybridized carbons (Fsp3) is 0.486. The van der Waals surface area contributed by atoms with Crippen LogP contribution in [-0.4, -0.2) is 52.4 Å². The molecule has 44 heavy (non-hydrogen) atoms. The van der Waals surface area contributed by atoms with E-state index in [0.29, 0.717) is 43.2 Å². The highest BCUT2D eigenvalue weighted by Gasteiger charge is 2.23. The minimum absolute atomic E-state index is 0.270. The first-order valence-corrected chi connectivity index (χ1v) is 15.2. The maximum absolute atomic E-state index is 14.6. The van der Waals surface area contributed by atoms with Gasteiger partial charge in [0.2, 0.25) is 0 Å². The summed E-state index contributed by atoms with van der Waals surface area (Å²) >= 11 is 0. The van der Waals surface area contributed by atoms with E-state index in [1.807, 2.05) is 24.3 Å². The zero-order valence-corrected chi connectivity index (χ0v) is 25.8. The molecule has 2 aromatic carbocycles. The van der Waals surface area contributed by atoms with E-state index in [4.69, 9.17) is 28.5 Å². The second-order valence-corrected chi connectivity index (χ2v) is 10.5. The maximum Gasteiger partial charge on any atom is 0.330 e. The number of allylic oxidation sites excluding steroid dienone is 1. The maximum atomic E-state index is 14.6. The summed E-state index contributed by atoms with van der Waals surface area (Å²) in [4.78, 5) is 20.1. The number of carbonyl (C=O) groups is 2. The minimum Gasteiger partial charge on any atom is -0.488 e. The van der Waals surface area contributed by atoms with E-state index in [-0.39, 0.29) is 18.3 Å². The number of hydrogen-bond donors (Lipinski definition) is 0. The van der Waals surface area contributed by atoms with Crippen LogP contribution in [-0.2, 0) is 28.5 Å². The molecule has 1 saturated heterocycles. The van der Waals surface area contributed by atoms with Crippen molar-refractivity contribution in [3.8, 4) is 16.9 Å². The zero-order valence-electron chi connectivity index (χ0n) is 25.8. The Bertz CT molecular complexity index is 1100. The number of carbonyl (C=O) groups excluding carboxylic acids is 2. The molecule has 0 aliphatic carbocycles. The van der Waals surface area contributed by atoms with Crippen LogP contribution in [0.2, 0.25) is 0 Å². The summed E-state index contributed by atoms with van der Waals surface area (Å²) in [7, 11) is 1.67. The molecule has 0 radical (unpaired) electrons. The lowest BCUT2D eigenvalue weighted by molar-refractivity contribution is -0.206. The third kappa shape index (κ3) is 13.9.